The summed E-state index contributed by atoms with van der Waals surface area (Å²) < 4.78 is 2.56. The lowest BCUT2D eigenvalue weighted by molar-refractivity contribution is 1.08. The number of benzene rings is 11. The third-order valence-corrected chi connectivity index (χ3v) is 14.1. The van der Waals surface area contributed by atoms with Crippen LogP contribution in [0.15, 0.2) is 224 Å². The molecule has 4 heteroatoms. The van der Waals surface area contributed by atoms with Crippen molar-refractivity contribution in [1.82, 2.24) is 15.0 Å². The summed E-state index contributed by atoms with van der Waals surface area (Å²) in [5, 5.41) is 12.1. The van der Waals surface area contributed by atoms with Crippen molar-refractivity contribution in [3.05, 3.63) is 224 Å². The summed E-state index contributed by atoms with van der Waals surface area (Å²) in [6.45, 7) is 0. The van der Waals surface area contributed by atoms with Crippen LogP contribution < -0.4 is 0 Å². The summed E-state index contributed by atoms with van der Waals surface area (Å²) in [5.74, 6) is 1.95. The molecule has 0 saturated heterocycles. The molecule has 0 aliphatic carbocycles. The Hall–Kier alpha value is -8.31. The Morgan fingerprint density at radius 2 is 0.631 bits per heavy atom. The number of aromatic nitrogens is 3. The van der Waals surface area contributed by atoms with Crippen LogP contribution >= 0.6 is 11.3 Å². The summed E-state index contributed by atoms with van der Waals surface area (Å²) in [6.07, 6.45) is 0. The highest BCUT2D eigenvalue weighted by molar-refractivity contribution is 7.26. The fourth-order valence-corrected chi connectivity index (χ4v) is 11.3. The number of fused-ring (bicyclic) bond motifs is 7. The molecule has 13 rings (SSSR count). The number of hydrogen-bond donors (Lipinski definition) is 0. The number of hydrogen-bond acceptors (Lipinski definition) is 4. The highest BCUT2D eigenvalue weighted by Gasteiger charge is 2.23. The van der Waals surface area contributed by atoms with Crippen LogP contribution in [-0.4, -0.2) is 15.0 Å². The smallest absolute Gasteiger partial charge is 0.165 e. The molecule has 0 saturated carbocycles. The molecule has 0 amide bonds. The second-order valence-corrected chi connectivity index (χ2v) is 17.6. The molecule has 302 valence electrons. The molecule has 0 N–H and O–H groups in total. The minimum Gasteiger partial charge on any atom is -0.208 e. The van der Waals surface area contributed by atoms with Gasteiger partial charge in [0.2, 0.25) is 0 Å². The van der Waals surface area contributed by atoms with Crippen molar-refractivity contribution in [3.8, 4) is 67.5 Å². The fourth-order valence-electron chi connectivity index (χ4n) is 10.1. The Labute approximate surface area is 379 Å². The van der Waals surface area contributed by atoms with E-state index in [0.29, 0.717) is 17.5 Å². The van der Waals surface area contributed by atoms with Crippen LogP contribution in [0.5, 0.6) is 0 Å². The lowest BCUT2D eigenvalue weighted by atomic mass is 9.85. The minimum absolute atomic E-state index is 0.647. The van der Waals surface area contributed by atoms with Gasteiger partial charge in [0.15, 0.2) is 17.5 Å². The molecule has 0 atom stereocenters. The molecule has 11 aromatic carbocycles. The fraction of sp³-hybridized carbons (Fsp3) is 0. The van der Waals surface area contributed by atoms with Crippen molar-refractivity contribution in [2.45, 2.75) is 0 Å². The highest BCUT2D eigenvalue weighted by Crippen LogP contribution is 2.49. The number of thiophene rings is 1. The summed E-state index contributed by atoms with van der Waals surface area (Å²) in [5.41, 5.74) is 10.3. The van der Waals surface area contributed by atoms with Crippen LogP contribution in [0.1, 0.15) is 0 Å². The number of nitrogens with zero attached hydrogens (tertiary/aromatic N) is 3. The topological polar surface area (TPSA) is 38.7 Å². The first-order valence-electron chi connectivity index (χ1n) is 22.0. The molecular formula is C61H37N3S. The Morgan fingerprint density at radius 1 is 0.246 bits per heavy atom. The summed E-state index contributed by atoms with van der Waals surface area (Å²) in [6, 6.07) is 80.5. The summed E-state index contributed by atoms with van der Waals surface area (Å²) in [7, 11) is 0. The zero-order valence-electron chi connectivity index (χ0n) is 35.1. The highest BCUT2D eigenvalue weighted by atomic mass is 32.1. The minimum atomic E-state index is 0.647. The van der Waals surface area contributed by atoms with Gasteiger partial charge in [-0.05, 0) is 83.0 Å². The molecule has 2 heterocycles. The van der Waals surface area contributed by atoms with Gasteiger partial charge in [-0.25, -0.2) is 15.0 Å². The third-order valence-electron chi connectivity index (χ3n) is 12.9. The molecule has 13 aromatic rings. The SMILES string of the molecule is c1ccc(-c2nc(-c3ccccc3)nc(-c3c4ccccc4c(-c4ccc5sc6c(-c7c8ccccc8c(-c8ccccc8)c8ccccc78)cccc6c5c4)c4ccccc34)n2)cc1. The van der Waals surface area contributed by atoms with E-state index in [2.05, 4.69) is 188 Å². The van der Waals surface area contributed by atoms with Crippen LogP contribution in [0.2, 0.25) is 0 Å². The second-order valence-electron chi connectivity index (χ2n) is 16.6. The van der Waals surface area contributed by atoms with Gasteiger partial charge in [0.1, 0.15) is 0 Å². The molecule has 0 spiro atoms. The maximum absolute atomic E-state index is 5.24. The van der Waals surface area contributed by atoms with Crippen LogP contribution in [0, 0.1) is 0 Å². The first-order valence-corrected chi connectivity index (χ1v) is 22.8. The zero-order chi connectivity index (χ0) is 42.8. The molecule has 0 unspecified atom stereocenters. The van der Waals surface area contributed by atoms with E-state index in [4.69, 9.17) is 15.0 Å². The van der Waals surface area contributed by atoms with E-state index >= 15 is 0 Å². The molecule has 0 bridgehead atoms. The van der Waals surface area contributed by atoms with Gasteiger partial charge in [0.05, 0.1) is 0 Å². The molecule has 2 aromatic heterocycles. The van der Waals surface area contributed by atoms with Crippen LogP contribution in [-0.2, 0) is 0 Å². The molecular weight excluding hydrogens is 807 g/mol. The van der Waals surface area contributed by atoms with E-state index in [9.17, 15) is 0 Å². The van der Waals surface area contributed by atoms with Gasteiger partial charge in [-0.3, -0.25) is 0 Å². The van der Waals surface area contributed by atoms with E-state index in [-0.39, 0.29) is 0 Å². The van der Waals surface area contributed by atoms with E-state index in [1.54, 1.807) is 0 Å². The van der Waals surface area contributed by atoms with Gasteiger partial charge in [0.25, 0.3) is 0 Å². The molecule has 0 fully saturated rings. The van der Waals surface area contributed by atoms with Gasteiger partial charge in [-0.1, -0.05) is 212 Å². The van der Waals surface area contributed by atoms with Gasteiger partial charge in [-0.2, -0.15) is 0 Å². The zero-order valence-corrected chi connectivity index (χ0v) is 35.9. The molecule has 0 radical (unpaired) electrons. The van der Waals surface area contributed by atoms with Crippen molar-refractivity contribution in [3.63, 3.8) is 0 Å². The molecule has 0 aliphatic rings. The largest absolute Gasteiger partial charge is 0.208 e. The van der Waals surface area contributed by atoms with Crippen molar-refractivity contribution in [2.75, 3.05) is 0 Å². The summed E-state index contributed by atoms with van der Waals surface area (Å²) in [4.78, 5) is 15.5. The Bertz CT molecular complexity index is 3820. The first kappa shape index (κ1) is 37.3. The number of rotatable bonds is 6. The van der Waals surface area contributed by atoms with E-state index in [0.717, 1.165) is 38.2 Å². The average Bonchev–Trinajstić information content (AvgIpc) is 3.76. The van der Waals surface area contributed by atoms with Gasteiger partial charge >= 0.3 is 0 Å². The van der Waals surface area contributed by atoms with Crippen LogP contribution in [0.3, 0.4) is 0 Å². The van der Waals surface area contributed by atoms with Crippen molar-refractivity contribution in [1.29, 1.82) is 0 Å². The standard InChI is InChI=1S/C61H37N3S/c1-4-19-38(20-5-1)54-42-25-10-14-29-46(42)56(47-30-15-11-26-43(47)54)51-34-18-33-50-52-37-41(35-36-53(52)65-58(50)51)55-44-27-12-16-31-48(44)57(49-32-17-13-28-45(49)55)61-63-59(39-21-6-2-7-22-39)62-60(64-61)40-23-8-3-9-24-40/h1-37H. The van der Waals surface area contributed by atoms with Gasteiger partial charge in [0, 0.05) is 42.4 Å². The Kier molecular flexibility index (Phi) is 8.71. The van der Waals surface area contributed by atoms with Gasteiger partial charge in [-0.15, -0.1) is 11.3 Å². The third kappa shape index (κ3) is 6.07. The summed E-state index contributed by atoms with van der Waals surface area (Å²) >= 11 is 1.89. The van der Waals surface area contributed by atoms with Crippen LogP contribution in [0.4, 0.5) is 0 Å². The maximum atomic E-state index is 5.24. The molecule has 0 aliphatic heterocycles. The van der Waals surface area contributed by atoms with E-state index in [1.807, 2.05) is 47.7 Å². The normalized spacial score (nSPS) is 11.7. The lowest BCUT2D eigenvalue weighted by Crippen LogP contribution is -2.01. The second kappa shape index (κ2) is 15.2. The average molecular weight is 844 g/mol. The van der Waals surface area contributed by atoms with Gasteiger partial charge < -0.3 is 0 Å². The Balaban J connectivity index is 1.03. The molecule has 65 heavy (non-hydrogen) atoms. The van der Waals surface area contributed by atoms with E-state index < -0.39 is 0 Å². The maximum Gasteiger partial charge on any atom is 0.165 e. The predicted octanol–water partition coefficient (Wildman–Crippen LogP) is 16.9. The van der Waals surface area contributed by atoms with Crippen molar-refractivity contribution in [2.24, 2.45) is 0 Å². The molecule has 3 nitrogen and oxygen atoms in total. The van der Waals surface area contributed by atoms with Crippen LogP contribution in [0.25, 0.3) is 131 Å². The lowest BCUT2D eigenvalue weighted by Gasteiger charge is -2.18. The Morgan fingerprint density at radius 3 is 1.12 bits per heavy atom. The van der Waals surface area contributed by atoms with E-state index in [1.165, 1.54) is 75.1 Å². The van der Waals surface area contributed by atoms with Crippen molar-refractivity contribution < 1.29 is 0 Å². The monoisotopic (exact) mass is 843 g/mol. The van der Waals surface area contributed by atoms with Crippen molar-refractivity contribution >= 4 is 74.6 Å². The quantitative estimate of drug-likeness (QED) is 0.157. The first-order chi connectivity index (χ1) is 32.3. The predicted molar refractivity (Wildman–Crippen MR) is 275 cm³/mol.